The van der Waals surface area contributed by atoms with Crippen LogP contribution in [0.25, 0.3) is 0 Å². The van der Waals surface area contributed by atoms with Crippen LogP contribution in [0.15, 0.2) is 17.2 Å². The van der Waals surface area contributed by atoms with Gasteiger partial charge in [-0.15, -0.1) is 11.8 Å². The summed E-state index contributed by atoms with van der Waals surface area (Å²) < 4.78 is 11.5. The summed E-state index contributed by atoms with van der Waals surface area (Å²) in [6, 6.07) is 1.91. The standard InChI is InChI=1S/C12H17NO2S/c1-8(2)14-12-11(16-3)10(6-7-13-12)15-9-4-5-9/h6-9H,4-5H2,1-3H3. The van der Waals surface area contributed by atoms with Gasteiger partial charge in [-0.05, 0) is 39.0 Å². The Bertz CT molecular complexity index is 342. The van der Waals surface area contributed by atoms with Gasteiger partial charge < -0.3 is 9.47 Å². The summed E-state index contributed by atoms with van der Waals surface area (Å²) in [7, 11) is 0. The zero-order chi connectivity index (χ0) is 11.5. The van der Waals surface area contributed by atoms with Crippen molar-refractivity contribution in [2.45, 2.75) is 43.8 Å². The molecule has 0 unspecified atom stereocenters. The third-order valence-corrected chi connectivity index (χ3v) is 2.99. The summed E-state index contributed by atoms with van der Waals surface area (Å²) in [5.74, 6) is 1.58. The third kappa shape index (κ3) is 2.82. The van der Waals surface area contributed by atoms with E-state index in [0.29, 0.717) is 12.0 Å². The van der Waals surface area contributed by atoms with Gasteiger partial charge in [-0.2, -0.15) is 0 Å². The van der Waals surface area contributed by atoms with Crippen LogP contribution in [0.3, 0.4) is 0 Å². The molecule has 0 saturated heterocycles. The highest BCUT2D eigenvalue weighted by Gasteiger charge is 2.25. The number of thioether (sulfide) groups is 1. The van der Waals surface area contributed by atoms with Gasteiger partial charge in [0.15, 0.2) is 0 Å². The number of aromatic nitrogens is 1. The van der Waals surface area contributed by atoms with Crippen molar-refractivity contribution in [2.24, 2.45) is 0 Å². The molecule has 0 amide bonds. The molecule has 1 saturated carbocycles. The first-order valence-electron chi connectivity index (χ1n) is 5.57. The molecule has 0 aromatic carbocycles. The van der Waals surface area contributed by atoms with E-state index in [0.717, 1.165) is 23.5 Å². The van der Waals surface area contributed by atoms with Gasteiger partial charge >= 0.3 is 0 Å². The number of rotatable bonds is 5. The smallest absolute Gasteiger partial charge is 0.231 e. The van der Waals surface area contributed by atoms with Gasteiger partial charge in [-0.1, -0.05) is 0 Å². The second kappa shape index (κ2) is 4.95. The van der Waals surface area contributed by atoms with E-state index in [-0.39, 0.29) is 6.10 Å². The summed E-state index contributed by atoms with van der Waals surface area (Å²) in [6.45, 7) is 4.00. The Morgan fingerprint density at radius 1 is 1.44 bits per heavy atom. The Morgan fingerprint density at radius 2 is 2.19 bits per heavy atom. The third-order valence-electron chi connectivity index (χ3n) is 2.21. The van der Waals surface area contributed by atoms with Gasteiger partial charge in [-0.3, -0.25) is 0 Å². The molecule has 2 rings (SSSR count). The van der Waals surface area contributed by atoms with Crippen LogP contribution in [-0.2, 0) is 0 Å². The molecule has 0 N–H and O–H groups in total. The van der Waals surface area contributed by atoms with Gasteiger partial charge in [0.05, 0.1) is 12.2 Å². The highest BCUT2D eigenvalue weighted by atomic mass is 32.2. The predicted molar refractivity (Wildman–Crippen MR) is 65.4 cm³/mol. The Hall–Kier alpha value is -0.900. The van der Waals surface area contributed by atoms with Gasteiger partial charge in [-0.25, -0.2) is 4.98 Å². The monoisotopic (exact) mass is 239 g/mol. The van der Waals surface area contributed by atoms with E-state index in [1.807, 2.05) is 26.2 Å². The fourth-order valence-corrected chi connectivity index (χ4v) is 1.96. The number of hydrogen-bond acceptors (Lipinski definition) is 4. The van der Waals surface area contributed by atoms with E-state index < -0.39 is 0 Å². The molecule has 88 valence electrons. The Kier molecular flexibility index (Phi) is 3.59. The van der Waals surface area contributed by atoms with Crippen molar-refractivity contribution < 1.29 is 9.47 Å². The molecule has 3 nitrogen and oxygen atoms in total. The molecule has 0 bridgehead atoms. The maximum atomic E-state index is 5.83. The van der Waals surface area contributed by atoms with Crippen LogP contribution in [0.4, 0.5) is 0 Å². The van der Waals surface area contributed by atoms with E-state index in [2.05, 4.69) is 4.98 Å². The van der Waals surface area contributed by atoms with Gasteiger partial charge in [0.2, 0.25) is 5.88 Å². The van der Waals surface area contributed by atoms with Gasteiger partial charge in [0.1, 0.15) is 10.6 Å². The molecular weight excluding hydrogens is 222 g/mol. The highest BCUT2D eigenvalue weighted by Crippen LogP contribution is 2.38. The summed E-state index contributed by atoms with van der Waals surface area (Å²) >= 11 is 1.62. The van der Waals surface area contributed by atoms with Crippen molar-refractivity contribution in [3.05, 3.63) is 12.3 Å². The minimum Gasteiger partial charge on any atom is -0.489 e. The minimum atomic E-state index is 0.134. The van der Waals surface area contributed by atoms with Crippen molar-refractivity contribution in [1.82, 2.24) is 4.98 Å². The van der Waals surface area contributed by atoms with Crippen molar-refractivity contribution in [1.29, 1.82) is 0 Å². The second-order valence-corrected chi connectivity index (χ2v) is 4.95. The van der Waals surface area contributed by atoms with E-state index in [1.165, 1.54) is 0 Å². The van der Waals surface area contributed by atoms with E-state index in [4.69, 9.17) is 9.47 Å². The summed E-state index contributed by atoms with van der Waals surface area (Å²) in [6.07, 6.45) is 6.63. The van der Waals surface area contributed by atoms with E-state index in [1.54, 1.807) is 18.0 Å². The first kappa shape index (κ1) is 11.6. The quantitative estimate of drug-likeness (QED) is 0.739. The first-order valence-corrected chi connectivity index (χ1v) is 6.79. The molecule has 0 aliphatic heterocycles. The van der Waals surface area contributed by atoms with E-state index in [9.17, 15) is 0 Å². The van der Waals surface area contributed by atoms with Crippen LogP contribution in [-0.4, -0.2) is 23.4 Å². The zero-order valence-electron chi connectivity index (χ0n) is 9.90. The first-order chi connectivity index (χ1) is 7.70. The molecule has 4 heteroatoms. The molecule has 1 aromatic rings. The minimum absolute atomic E-state index is 0.134. The molecule has 0 atom stereocenters. The highest BCUT2D eigenvalue weighted by molar-refractivity contribution is 7.98. The molecule has 1 heterocycles. The normalized spacial score (nSPS) is 15.2. The largest absolute Gasteiger partial charge is 0.489 e. The molecule has 16 heavy (non-hydrogen) atoms. The topological polar surface area (TPSA) is 31.4 Å². The van der Waals surface area contributed by atoms with Crippen LogP contribution in [0.1, 0.15) is 26.7 Å². The Balaban J connectivity index is 2.21. The zero-order valence-corrected chi connectivity index (χ0v) is 10.7. The van der Waals surface area contributed by atoms with Gasteiger partial charge in [0.25, 0.3) is 0 Å². The lowest BCUT2D eigenvalue weighted by atomic mass is 10.4. The lowest BCUT2D eigenvalue weighted by molar-refractivity contribution is 0.220. The molecule has 1 fully saturated rings. The summed E-state index contributed by atoms with van der Waals surface area (Å²) in [4.78, 5) is 5.26. The van der Waals surface area contributed by atoms with Crippen LogP contribution in [0, 0.1) is 0 Å². The second-order valence-electron chi connectivity index (χ2n) is 4.13. The van der Waals surface area contributed by atoms with Gasteiger partial charge in [0, 0.05) is 6.20 Å². The van der Waals surface area contributed by atoms with Crippen molar-refractivity contribution in [2.75, 3.05) is 6.26 Å². The Labute approximate surface area is 101 Å². The molecule has 0 spiro atoms. The van der Waals surface area contributed by atoms with Crippen LogP contribution < -0.4 is 9.47 Å². The molecule has 0 radical (unpaired) electrons. The van der Waals surface area contributed by atoms with Crippen LogP contribution in [0.5, 0.6) is 11.6 Å². The number of hydrogen-bond donors (Lipinski definition) is 0. The average Bonchev–Trinajstić information content (AvgIpc) is 3.01. The molecular formula is C12H17NO2S. The number of nitrogens with zero attached hydrogens (tertiary/aromatic N) is 1. The SMILES string of the molecule is CSc1c(OC2CC2)ccnc1OC(C)C. The average molecular weight is 239 g/mol. The molecule has 1 aromatic heterocycles. The predicted octanol–water partition coefficient (Wildman–Crippen LogP) is 3.13. The van der Waals surface area contributed by atoms with Crippen LogP contribution in [0.2, 0.25) is 0 Å². The maximum Gasteiger partial charge on any atom is 0.231 e. The fourth-order valence-electron chi connectivity index (χ4n) is 1.37. The van der Waals surface area contributed by atoms with Crippen molar-refractivity contribution in [3.8, 4) is 11.6 Å². The number of ether oxygens (including phenoxy) is 2. The molecule has 1 aliphatic carbocycles. The Morgan fingerprint density at radius 3 is 2.75 bits per heavy atom. The lowest BCUT2D eigenvalue weighted by Crippen LogP contribution is -2.08. The fraction of sp³-hybridized carbons (Fsp3) is 0.583. The summed E-state index contributed by atoms with van der Waals surface area (Å²) in [5, 5.41) is 0. The lowest BCUT2D eigenvalue weighted by Gasteiger charge is -2.15. The van der Waals surface area contributed by atoms with Crippen molar-refractivity contribution in [3.63, 3.8) is 0 Å². The number of pyridine rings is 1. The van der Waals surface area contributed by atoms with Crippen molar-refractivity contribution >= 4 is 11.8 Å². The van der Waals surface area contributed by atoms with E-state index >= 15 is 0 Å². The summed E-state index contributed by atoms with van der Waals surface area (Å²) in [5.41, 5.74) is 0. The maximum absolute atomic E-state index is 5.83. The molecule has 1 aliphatic rings. The van der Waals surface area contributed by atoms with Crippen LogP contribution >= 0.6 is 11.8 Å².